The summed E-state index contributed by atoms with van der Waals surface area (Å²) in [5.74, 6) is 0.783. The summed E-state index contributed by atoms with van der Waals surface area (Å²) in [6.07, 6.45) is 1.38. The van der Waals surface area contributed by atoms with E-state index in [0.29, 0.717) is 30.8 Å². The summed E-state index contributed by atoms with van der Waals surface area (Å²) in [5, 5.41) is 0. The van der Waals surface area contributed by atoms with E-state index in [0.717, 1.165) is 11.1 Å². The van der Waals surface area contributed by atoms with E-state index in [1.807, 2.05) is 26.0 Å². The number of esters is 2. The lowest BCUT2D eigenvalue weighted by atomic mass is 9.94. The van der Waals surface area contributed by atoms with E-state index in [2.05, 4.69) is 0 Å². The van der Waals surface area contributed by atoms with Crippen molar-refractivity contribution in [2.45, 2.75) is 51.7 Å². The molecule has 2 heterocycles. The van der Waals surface area contributed by atoms with Crippen LogP contribution in [0.5, 0.6) is 11.5 Å². The van der Waals surface area contributed by atoms with Gasteiger partial charge in [-0.1, -0.05) is 6.07 Å². The Morgan fingerprint density at radius 2 is 2.10 bits per heavy atom. The van der Waals surface area contributed by atoms with E-state index in [9.17, 15) is 9.59 Å². The first-order chi connectivity index (χ1) is 9.87. The average molecular weight is 290 g/mol. The van der Waals surface area contributed by atoms with E-state index in [1.54, 1.807) is 0 Å². The number of rotatable bonds is 2. The van der Waals surface area contributed by atoms with E-state index in [1.165, 1.54) is 6.92 Å². The molecule has 1 aromatic rings. The summed E-state index contributed by atoms with van der Waals surface area (Å²) in [6, 6.07) is 3.83. The Labute approximate surface area is 123 Å². The summed E-state index contributed by atoms with van der Waals surface area (Å²) in [5.41, 5.74) is 1.19. The van der Waals surface area contributed by atoms with Gasteiger partial charge in [-0.25, -0.2) is 0 Å². The molecular weight excluding hydrogens is 272 g/mol. The highest BCUT2D eigenvalue weighted by atomic mass is 16.6. The first kappa shape index (κ1) is 13.9. The number of aryl methyl sites for hydroxylation is 1. The molecule has 112 valence electrons. The molecule has 0 aromatic heterocycles. The van der Waals surface area contributed by atoms with Crippen LogP contribution in [0, 0.1) is 0 Å². The largest absolute Gasteiger partial charge is 0.485 e. The van der Waals surface area contributed by atoms with Gasteiger partial charge in [0, 0.05) is 18.9 Å². The van der Waals surface area contributed by atoms with Gasteiger partial charge in [0.1, 0.15) is 23.2 Å². The predicted octanol–water partition coefficient (Wildman–Crippen LogP) is 2.18. The molecule has 0 saturated heterocycles. The molecule has 0 fully saturated rings. The number of ether oxygens (including phenoxy) is 3. The van der Waals surface area contributed by atoms with Gasteiger partial charge < -0.3 is 14.2 Å². The van der Waals surface area contributed by atoms with Crippen molar-refractivity contribution >= 4 is 11.9 Å². The topological polar surface area (TPSA) is 61.8 Å². The van der Waals surface area contributed by atoms with Crippen molar-refractivity contribution in [2.75, 3.05) is 0 Å². The van der Waals surface area contributed by atoms with Crippen LogP contribution in [0.4, 0.5) is 0 Å². The van der Waals surface area contributed by atoms with Crippen LogP contribution in [0.2, 0.25) is 0 Å². The number of hydrogen-bond donors (Lipinski definition) is 0. The molecule has 21 heavy (non-hydrogen) atoms. The molecule has 2 aliphatic heterocycles. The Morgan fingerprint density at radius 1 is 1.33 bits per heavy atom. The van der Waals surface area contributed by atoms with E-state index in [-0.39, 0.29) is 18.0 Å². The van der Waals surface area contributed by atoms with Gasteiger partial charge >= 0.3 is 11.9 Å². The maximum Gasteiger partial charge on any atom is 0.311 e. The van der Waals surface area contributed by atoms with Gasteiger partial charge in [0.25, 0.3) is 0 Å². The highest BCUT2D eigenvalue weighted by Gasteiger charge is 2.41. The second kappa shape index (κ2) is 4.76. The van der Waals surface area contributed by atoms with E-state index in [4.69, 9.17) is 14.2 Å². The fourth-order valence-electron chi connectivity index (χ4n) is 2.89. The van der Waals surface area contributed by atoms with Crippen molar-refractivity contribution in [3.05, 3.63) is 23.3 Å². The zero-order chi connectivity index (χ0) is 15.2. The molecule has 5 heteroatoms. The van der Waals surface area contributed by atoms with Crippen LogP contribution in [0.15, 0.2) is 12.1 Å². The summed E-state index contributed by atoms with van der Waals surface area (Å²) < 4.78 is 16.6. The van der Waals surface area contributed by atoms with Crippen molar-refractivity contribution in [3.63, 3.8) is 0 Å². The zero-order valence-electron chi connectivity index (χ0n) is 12.4. The van der Waals surface area contributed by atoms with Gasteiger partial charge in [0.15, 0.2) is 0 Å². The third-order valence-electron chi connectivity index (χ3n) is 3.95. The highest BCUT2D eigenvalue weighted by Crippen LogP contribution is 2.43. The molecule has 3 rings (SSSR count). The minimum Gasteiger partial charge on any atom is -0.485 e. The summed E-state index contributed by atoms with van der Waals surface area (Å²) in [4.78, 5) is 22.7. The molecule has 0 amide bonds. The lowest BCUT2D eigenvalue weighted by Crippen LogP contribution is -2.43. The Balaban J connectivity index is 1.89. The van der Waals surface area contributed by atoms with Crippen LogP contribution < -0.4 is 9.47 Å². The molecule has 0 radical (unpaired) electrons. The van der Waals surface area contributed by atoms with Crippen molar-refractivity contribution in [1.29, 1.82) is 0 Å². The third-order valence-corrected chi connectivity index (χ3v) is 3.95. The molecule has 1 aromatic carbocycles. The van der Waals surface area contributed by atoms with Crippen LogP contribution >= 0.6 is 0 Å². The average Bonchev–Trinajstić information content (AvgIpc) is 2.82. The number of hydrogen-bond acceptors (Lipinski definition) is 5. The number of carbonyl (C=O) groups is 2. The number of benzene rings is 1. The Bertz CT molecular complexity index is 617. The SMILES string of the molecule is CC(=O)OC(C)(C)[C@@H]1Cc2c(ccc3c2OC(=O)CC3)O1. The number of carbonyl (C=O) groups excluding carboxylic acids is 2. The van der Waals surface area contributed by atoms with Gasteiger partial charge in [-0.15, -0.1) is 0 Å². The first-order valence-electron chi connectivity index (χ1n) is 7.08. The van der Waals surface area contributed by atoms with Crippen molar-refractivity contribution in [1.82, 2.24) is 0 Å². The summed E-state index contributed by atoms with van der Waals surface area (Å²) >= 11 is 0. The Morgan fingerprint density at radius 3 is 2.81 bits per heavy atom. The molecule has 0 bridgehead atoms. The van der Waals surface area contributed by atoms with Crippen LogP contribution in [-0.2, 0) is 27.2 Å². The molecule has 5 nitrogen and oxygen atoms in total. The van der Waals surface area contributed by atoms with E-state index < -0.39 is 5.60 Å². The maximum atomic E-state index is 11.5. The fraction of sp³-hybridized carbons (Fsp3) is 0.500. The van der Waals surface area contributed by atoms with E-state index >= 15 is 0 Å². The molecule has 0 aliphatic carbocycles. The molecule has 0 unspecified atom stereocenters. The monoisotopic (exact) mass is 290 g/mol. The van der Waals surface area contributed by atoms with Crippen LogP contribution in [0.3, 0.4) is 0 Å². The smallest absolute Gasteiger partial charge is 0.311 e. The van der Waals surface area contributed by atoms with Crippen LogP contribution in [-0.4, -0.2) is 23.6 Å². The van der Waals surface area contributed by atoms with Crippen molar-refractivity contribution in [3.8, 4) is 11.5 Å². The van der Waals surface area contributed by atoms with Crippen LogP contribution in [0.1, 0.15) is 38.3 Å². The van der Waals surface area contributed by atoms with Gasteiger partial charge in [0.2, 0.25) is 0 Å². The van der Waals surface area contributed by atoms with Gasteiger partial charge in [0.05, 0.1) is 6.42 Å². The molecule has 0 N–H and O–H groups in total. The van der Waals surface area contributed by atoms with Crippen LogP contribution in [0.25, 0.3) is 0 Å². The maximum absolute atomic E-state index is 11.5. The lowest BCUT2D eigenvalue weighted by Gasteiger charge is -2.30. The Hall–Kier alpha value is -2.04. The quantitative estimate of drug-likeness (QED) is 0.617. The number of fused-ring (bicyclic) bond motifs is 3. The van der Waals surface area contributed by atoms with Gasteiger partial charge in [-0.3, -0.25) is 9.59 Å². The second-order valence-electron chi connectivity index (χ2n) is 6.01. The minimum absolute atomic E-state index is 0.210. The first-order valence-corrected chi connectivity index (χ1v) is 7.08. The minimum atomic E-state index is -0.740. The normalized spacial score (nSPS) is 20.1. The molecule has 0 spiro atoms. The fourth-order valence-corrected chi connectivity index (χ4v) is 2.89. The summed E-state index contributed by atoms with van der Waals surface area (Å²) in [6.45, 7) is 5.03. The van der Waals surface area contributed by atoms with Gasteiger partial charge in [-0.05, 0) is 31.9 Å². The van der Waals surface area contributed by atoms with Crippen molar-refractivity contribution in [2.24, 2.45) is 0 Å². The predicted molar refractivity (Wildman–Crippen MR) is 74.4 cm³/mol. The highest BCUT2D eigenvalue weighted by molar-refractivity contribution is 5.77. The lowest BCUT2D eigenvalue weighted by molar-refractivity contribution is -0.161. The molecule has 1 atom stereocenters. The Kier molecular flexibility index (Phi) is 3.15. The standard InChI is InChI=1S/C16H18O5/c1-9(17)21-16(2,3)13-8-11-12(19-13)6-4-10-5-7-14(18)20-15(10)11/h4,6,13H,5,7-8H2,1-3H3/t13-/m0/s1. The molecular formula is C16H18O5. The second-order valence-corrected chi connectivity index (χ2v) is 6.01. The van der Waals surface area contributed by atoms with Gasteiger partial charge in [-0.2, -0.15) is 0 Å². The summed E-state index contributed by atoms with van der Waals surface area (Å²) in [7, 11) is 0. The zero-order valence-corrected chi connectivity index (χ0v) is 12.4. The van der Waals surface area contributed by atoms with Crippen molar-refractivity contribution < 1.29 is 23.8 Å². The molecule has 0 saturated carbocycles. The third kappa shape index (κ3) is 2.48. The molecule has 2 aliphatic rings.